The van der Waals surface area contributed by atoms with Crippen molar-refractivity contribution in [2.45, 2.75) is 24.0 Å². The van der Waals surface area contributed by atoms with Gasteiger partial charge in [0.25, 0.3) is 0 Å². The number of carboxylic acids is 1. The predicted octanol–water partition coefficient (Wildman–Crippen LogP) is 4.93. The van der Waals surface area contributed by atoms with E-state index >= 15 is 0 Å². The summed E-state index contributed by atoms with van der Waals surface area (Å²) in [6, 6.07) is 20.7. The number of anilines is 2. The lowest BCUT2D eigenvalue weighted by Crippen LogP contribution is -2.22. The second-order valence-corrected chi connectivity index (χ2v) is 8.34. The zero-order valence-corrected chi connectivity index (χ0v) is 17.9. The fraction of sp³-hybridized carbons (Fsp3) is 0.125. The number of benzene rings is 3. The summed E-state index contributed by atoms with van der Waals surface area (Å²) in [6.07, 6.45) is 1.03. The Morgan fingerprint density at radius 1 is 0.935 bits per heavy atom. The molecule has 3 N–H and O–H groups in total. The first-order valence-electron chi connectivity index (χ1n) is 9.61. The summed E-state index contributed by atoms with van der Waals surface area (Å²) in [5, 5.41) is 16.2. The average molecular weight is 435 g/mol. The highest BCUT2D eigenvalue weighted by Gasteiger charge is 2.16. The number of nitrogens with one attached hydrogen (secondary N) is 2. The van der Waals surface area contributed by atoms with Gasteiger partial charge in [-0.3, -0.25) is 9.59 Å². The van der Waals surface area contributed by atoms with Crippen LogP contribution in [0.2, 0.25) is 0 Å². The van der Waals surface area contributed by atoms with Crippen LogP contribution < -0.4 is 10.6 Å². The monoisotopic (exact) mass is 434 g/mol. The molecule has 0 bridgehead atoms. The fourth-order valence-electron chi connectivity index (χ4n) is 2.88. The minimum atomic E-state index is -1.14. The highest BCUT2D eigenvalue weighted by atomic mass is 32.2. The molecular formula is C24H22N2O4S. The van der Waals surface area contributed by atoms with Crippen LogP contribution in [0, 0.1) is 0 Å². The van der Waals surface area contributed by atoms with Crippen LogP contribution in [-0.2, 0) is 14.4 Å². The van der Waals surface area contributed by atoms with E-state index in [0.29, 0.717) is 5.69 Å². The van der Waals surface area contributed by atoms with Crippen LogP contribution in [0.5, 0.6) is 0 Å². The topological polar surface area (TPSA) is 95.5 Å². The normalized spacial score (nSPS) is 12.3. The van der Waals surface area contributed by atoms with Crippen molar-refractivity contribution in [3.05, 3.63) is 78.4 Å². The fourth-order valence-corrected chi connectivity index (χ4v) is 3.75. The van der Waals surface area contributed by atoms with E-state index in [2.05, 4.69) is 10.6 Å². The molecule has 0 fully saturated rings. The van der Waals surface area contributed by atoms with Gasteiger partial charge in [-0.1, -0.05) is 36.4 Å². The molecule has 0 aliphatic heterocycles. The van der Waals surface area contributed by atoms with Crippen molar-refractivity contribution in [2.24, 2.45) is 0 Å². The number of thioether (sulfide) groups is 1. The summed E-state index contributed by atoms with van der Waals surface area (Å²) in [4.78, 5) is 36.2. The summed E-state index contributed by atoms with van der Waals surface area (Å²) in [5.74, 6) is -1.76. The van der Waals surface area contributed by atoms with Gasteiger partial charge < -0.3 is 15.7 Å². The summed E-state index contributed by atoms with van der Waals surface area (Å²) in [7, 11) is 0. The van der Waals surface area contributed by atoms with Gasteiger partial charge in [0.05, 0.1) is 5.25 Å². The Bertz CT molecular complexity index is 1150. The van der Waals surface area contributed by atoms with Gasteiger partial charge in [0.2, 0.25) is 11.8 Å². The molecule has 1 atom stereocenters. The van der Waals surface area contributed by atoms with Crippen molar-refractivity contribution in [3.8, 4) is 0 Å². The standard InChI is InChI=1S/C24H22N2O4S/c1-15(24(29)30)14-22(27)25-18-10-12-19(13-11-18)31-16(2)23(28)26-21-9-5-7-17-6-3-4-8-20(17)21/h3-14,16H,1-2H3,(H,25,27)(H,26,28)(H,29,30). The Hall–Kier alpha value is -3.58. The molecule has 6 nitrogen and oxygen atoms in total. The Balaban J connectivity index is 1.60. The van der Waals surface area contributed by atoms with E-state index in [1.807, 2.05) is 49.4 Å². The van der Waals surface area contributed by atoms with E-state index in [-0.39, 0.29) is 16.7 Å². The summed E-state index contributed by atoms with van der Waals surface area (Å²) in [6.45, 7) is 3.19. The van der Waals surface area contributed by atoms with Gasteiger partial charge in [-0.2, -0.15) is 0 Å². The van der Waals surface area contributed by atoms with Crippen LogP contribution in [0.1, 0.15) is 13.8 Å². The number of aliphatic carboxylic acids is 1. The lowest BCUT2D eigenvalue weighted by atomic mass is 10.1. The lowest BCUT2D eigenvalue weighted by Gasteiger charge is -2.14. The molecule has 3 rings (SSSR count). The number of hydrogen-bond acceptors (Lipinski definition) is 4. The third-order valence-electron chi connectivity index (χ3n) is 4.54. The van der Waals surface area contributed by atoms with E-state index < -0.39 is 11.9 Å². The Morgan fingerprint density at radius 2 is 1.61 bits per heavy atom. The number of carbonyl (C=O) groups is 3. The number of carbonyl (C=O) groups excluding carboxylic acids is 2. The quantitative estimate of drug-likeness (QED) is 0.362. The number of rotatable bonds is 7. The maximum atomic E-state index is 12.7. The van der Waals surface area contributed by atoms with E-state index in [1.54, 1.807) is 24.3 Å². The van der Waals surface area contributed by atoms with Crippen LogP contribution in [0.4, 0.5) is 11.4 Å². The van der Waals surface area contributed by atoms with E-state index in [4.69, 9.17) is 5.11 Å². The van der Waals surface area contributed by atoms with Crippen LogP contribution >= 0.6 is 11.8 Å². The third kappa shape index (κ3) is 5.96. The highest BCUT2D eigenvalue weighted by molar-refractivity contribution is 8.00. The van der Waals surface area contributed by atoms with Gasteiger partial charge in [-0.15, -0.1) is 11.8 Å². The van der Waals surface area contributed by atoms with Gasteiger partial charge >= 0.3 is 5.97 Å². The van der Waals surface area contributed by atoms with Gasteiger partial charge in [-0.25, -0.2) is 4.79 Å². The van der Waals surface area contributed by atoms with Gasteiger partial charge in [0.1, 0.15) is 0 Å². The second kappa shape index (κ2) is 9.95. The lowest BCUT2D eigenvalue weighted by molar-refractivity contribution is -0.132. The summed E-state index contributed by atoms with van der Waals surface area (Å²) in [5.41, 5.74) is 1.27. The molecule has 3 aromatic rings. The van der Waals surface area contributed by atoms with Crippen molar-refractivity contribution >= 4 is 51.7 Å². The minimum Gasteiger partial charge on any atom is -0.478 e. The molecule has 0 saturated carbocycles. The van der Waals surface area contributed by atoms with Crippen molar-refractivity contribution in [1.29, 1.82) is 0 Å². The molecule has 31 heavy (non-hydrogen) atoms. The molecule has 0 spiro atoms. The van der Waals surface area contributed by atoms with Crippen molar-refractivity contribution in [1.82, 2.24) is 0 Å². The molecule has 0 saturated heterocycles. The highest BCUT2D eigenvalue weighted by Crippen LogP contribution is 2.27. The molecule has 7 heteroatoms. The number of fused-ring (bicyclic) bond motifs is 1. The third-order valence-corrected chi connectivity index (χ3v) is 5.65. The van der Waals surface area contributed by atoms with E-state index in [0.717, 1.165) is 27.4 Å². The first-order chi connectivity index (χ1) is 14.8. The minimum absolute atomic E-state index is 0.0456. The van der Waals surface area contributed by atoms with Crippen molar-refractivity contribution in [2.75, 3.05) is 10.6 Å². The molecule has 3 aromatic carbocycles. The SMILES string of the molecule is CC(=CC(=O)Nc1ccc(SC(C)C(=O)Nc2cccc3ccccc23)cc1)C(=O)O. The van der Waals surface area contributed by atoms with Gasteiger partial charge in [0, 0.05) is 33.3 Å². The smallest absolute Gasteiger partial charge is 0.331 e. The van der Waals surface area contributed by atoms with Gasteiger partial charge in [-0.05, 0) is 49.6 Å². The molecule has 0 aliphatic carbocycles. The number of hydrogen-bond donors (Lipinski definition) is 3. The van der Waals surface area contributed by atoms with Crippen LogP contribution in [-0.4, -0.2) is 28.1 Å². The van der Waals surface area contributed by atoms with Crippen molar-refractivity contribution in [3.63, 3.8) is 0 Å². The largest absolute Gasteiger partial charge is 0.478 e. The van der Waals surface area contributed by atoms with E-state index in [1.165, 1.54) is 18.7 Å². The zero-order chi connectivity index (χ0) is 22.4. The molecule has 0 aromatic heterocycles. The van der Waals surface area contributed by atoms with Crippen LogP contribution in [0.3, 0.4) is 0 Å². The van der Waals surface area contributed by atoms with Gasteiger partial charge in [0.15, 0.2) is 0 Å². The van der Waals surface area contributed by atoms with Crippen LogP contribution in [0.25, 0.3) is 10.8 Å². The average Bonchev–Trinajstić information content (AvgIpc) is 2.75. The summed E-state index contributed by atoms with van der Waals surface area (Å²) < 4.78 is 0. The first-order valence-corrected chi connectivity index (χ1v) is 10.5. The maximum Gasteiger partial charge on any atom is 0.331 e. The zero-order valence-electron chi connectivity index (χ0n) is 17.1. The molecule has 2 amide bonds. The second-order valence-electron chi connectivity index (χ2n) is 6.92. The van der Waals surface area contributed by atoms with Crippen molar-refractivity contribution < 1.29 is 19.5 Å². The maximum absolute atomic E-state index is 12.7. The molecule has 1 unspecified atom stereocenters. The van der Waals surface area contributed by atoms with E-state index in [9.17, 15) is 14.4 Å². The molecule has 158 valence electrons. The molecule has 0 aliphatic rings. The molecule has 0 heterocycles. The Morgan fingerprint density at radius 3 is 2.32 bits per heavy atom. The molecule has 0 radical (unpaired) electrons. The number of carboxylic acid groups (broad SMARTS) is 1. The van der Waals surface area contributed by atoms with Crippen LogP contribution in [0.15, 0.2) is 83.3 Å². The number of amides is 2. The Kier molecular flexibility index (Phi) is 7.10. The summed E-state index contributed by atoms with van der Waals surface area (Å²) >= 11 is 1.40. The Labute approximate surface area is 184 Å². The first kappa shape index (κ1) is 22.1. The molecular weight excluding hydrogens is 412 g/mol. The predicted molar refractivity (Wildman–Crippen MR) is 124 cm³/mol.